The van der Waals surface area contributed by atoms with Crippen LogP contribution in [0.3, 0.4) is 0 Å². The van der Waals surface area contributed by atoms with Crippen LogP contribution in [0.5, 0.6) is 0 Å². The maximum Gasteiger partial charge on any atom is 0.359 e. The van der Waals surface area contributed by atoms with E-state index in [0.29, 0.717) is 0 Å². The molecule has 0 atom stereocenters. The first-order valence-electron chi connectivity index (χ1n) is 5.07. The summed E-state index contributed by atoms with van der Waals surface area (Å²) >= 11 is 2.65. The molecule has 0 spiro atoms. The Balaban J connectivity index is 0. The molecule has 128 valence electrons. The van der Waals surface area contributed by atoms with E-state index in [4.69, 9.17) is 28.3 Å². The Morgan fingerprint density at radius 3 is 1.23 bits per heavy atom. The summed E-state index contributed by atoms with van der Waals surface area (Å²) in [6.07, 6.45) is 0. The fourth-order valence-electron chi connectivity index (χ4n) is 1.47. The molecule has 0 unspecified atom stereocenters. The number of nitrogens with zero attached hydrogens (tertiary/aromatic N) is 1. The zero-order chi connectivity index (χ0) is 18.1. The minimum Gasteiger partial charge on any atom is -0.544 e. The zero-order valence-corrected chi connectivity index (χ0v) is 12.5. The van der Waals surface area contributed by atoms with E-state index in [-0.39, 0.29) is 0 Å². The number of rotatable bonds is 8. The highest BCUT2D eigenvalue weighted by Gasteiger charge is 2.36. The number of hydrogen-bond acceptors (Lipinski definition) is 7. The van der Waals surface area contributed by atoms with Gasteiger partial charge in [-0.3, -0.25) is 9.04 Å². The minimum atomic E-state index is -3.97. The second-order valence-corrected chi connectivity index (χ2v) is 6.26. The molecule has 0 heterocycles. The van der Waals surface area contributed by atoms with E-state index in [1.807, 2.05) is 0 Å². The molecule has 0 bridgehead atoms. The van der Waals surface area contributed by atoms with Crippen molar-refractivity contribution in [1.82, 2.24) is 0 Å². The third-order valence-electron chi connectivity index (χ3n) is 1.88. The third kappa shape index (κ3) is 16.2. The van der Waals surface area contributed by atoms with E-state index in [2.05, 4.69) is 11.7 Å². The van der Waals surface area contributed by atoms with Crippen molar-refractivity contribution in [1.29, 1.82) is 0 Å². The fraction of sp³-hybridized carbons (Fsp3) is 0.500. The average molecular weight is 363 g/mol. The topological polar surface area (TPSA) is 206 Å². The number of carbonyl (C=O) groups excluding carboxylic acids is 1. The molecule has 4 N–H and O–H groups in total. The van der Waals surface area contributed by atoms with E-state index in [9.17, 15) is 24.3 Å². The second kappa shape index (κ2) is 9.19. The van der Waals surface area contributed by atoms with Gasteiger partial charge >= 0.3 is 27.1 Å². The molecule has 0 aliphatic heterocycles. The van der Waals surface area contributed by atoms with Crippen LogP contribution in [0.2, 0.25) is 0 Å². The highest BCUT2D eigenvalue weighted by molar-refractivity contribution is 8.61. The van der Waals surface area contributed by atoms with Crippen LogP contribution in [0.1, 0.15) is 0 Å². The summed E-state index contributed by atoms with van der Waals surface area (Å²) < 4.78 is 24.3. The van der Waals surface area contributed by atoms with Crippen LogP contribution < -0.4 is 5.11 Å². The monoisotopic (exact) mass is 363 g/mol. The van der Waals surface area contributed by atoms with Crippen molar-refractivity contribution < 1.29 is 57.1 Å². The van der Waals surface area contributed by atoms with E-state index < -0.39 is 63.7 Å². The number of carboxylic acids is 4. The van der Waals surface area contributed by atoms with Gasteiger partial charge in [0.15, 0.2) is 19.6 Å². The molecule has 0 saturated heterocycles. The Hall–Kier alpha value is -1.90. The summed E-state index contributed by atoms with van der Waals surface area (Å²) in [6.45, 7) is -3.77. The highest BCUT2D eigenvalue weighted by atomic mass is 33.1. The summed E-state index contributed by atoms with van der Waals surface area (Å²) in [5, 5.41) is 36.2. The van der Waals surface area contributed by atoms with Gasteiger partial charge < -0.3 is 25.2 Å². The summed E-state index contributed by atoms with van der Waals surface area (Å²) in [6, 6.07) is 0. The van der Waals surface area contributed by atoms with Gasteiger partial charge in [0.1, 0.15) is 6.54 Å². The first kappa shape index (κ1) is 22.4. The minimum absolute atomic E-state index is 0.924. The van der Waals surface area contributed by atoms with Crippen LogP contribution >= 0.6 is 11.7 Å². The van der Waals surface area contributed by atoms with Crippen molar-refractivity contribution in [3.05, 3.63) is 0 Å². The maximum absolute atomic E-state index is 10.5. The standard InChI is InChI=1S/C8H11NO8.H2O3S2/c10-5(11)1-9(2-6(12)13,3-7(14)15)4-8(16)17;1-5(2,3)4/h1-4H2,(H3-,10,11,12,13,14,15,16,17);(H2,1,2,3,4). The van der Waals surface area contributed by atoms with Gasteiger partial charge in [0, 0.05) is 0 Å². The number of aliphatic carboxylic acids is 4. The van der Waals surface area contributed by atoms with E-state index in [1.165, 1.54) is 0 Å². The molecular formula is C8H13NO11S2. The summed E-state index contributed by atoms with van der Waals surface area (Å²) in [5.41, 5.74) is 0. The molecule has 0 radical (unpaired) electrons. The predicted octanol–water partition coefficient (Wildman–Crippen LogP) is -3.47. The van der Waals surface area contributed by atoms with Crippen LogP contribution in [0.15, 0.2) is 0 Å². The third-order valence-corrected chi connectivity index (χ3v) is 1.88. The lowest BCUT2D eigenvalue weighted by molar-refractivity contribution is -0.902. The maximum atomic E-state index is 10.5. The molecule has 0 saturated carbocycles. The van der Waals surface area contributed by atoms with Gasteiger partial charge in [-0.2, -0.15) is 8.42 Å². The molecule has 0 fully saturated rings. The molecule has 12 nitrogen and oxygen atoms in total. The number of hydrogen-bond donors (Lipinski definition) is 5. The molecule has 0 aromatic carbocycles. The Morgan fingerprint density at radius 2 is 1.09 bits per heavy atom. The molecule has 0 aliphatic rings. The van der Waals surface area contributed by atoms with Crippen LogP contribution in [0.4, 0.5) is 0 Å². The van der Waals surface area contributed by atoms with Gasteiger partial charge in [0.05, 0.1) is 5.97 Å². The second-order valence-electron chi connectivity index (χ2n) is 3.98. The van der Waals surface area contributed by atoms with Crippen LogP contribution in [-0.2, 0) is 28.3 Å². The number of carboxylic acid groups (broad SMARTS) is 4. The van der Waals surface area contributed by atoms with Crippen molar-refractivity contribution >= 4 is 44.7 Å². The quantitative estimate of drug-likeness (QED) is 0.124. The summed E-state index contributed by atoms with van der Waals surface area (Å²) in [5.74, 6) is -6.19. The van der Waals surface area contributed by atoms with E-state index >= 15 is 0 Å². The van der Waals surface area contributed by atoms with Gasteiger partial charge in [-0.25, -0.2) is 14.4 Å². The Labute approximate surface area is 128 Å². The predicted molar refractivity (Wildman–Crippen MR) is 68.2 cm³/mol. The number of carbonyl (C=O) groups is 4. The first-order chi connectivity index (χ1) is 9.67. The van der Waals surface area contributed by atoms with Crippen molar-refractivity contribution in [3.63, 3.8) is 0 Å². The van der Waals surface area contributed by atoms with Gasteiger partial charge in [-0.1, -0.05) is 0 Å². The van der Waals surface area contributed by atoms with E-state index in [0.717, 1.165) is 0 Å². The average Bonchev–Trinajstić information content (AvgIpc) is 2.06. The van der Waals surface area contributed by atoms with Crippen molar-refractivity contribution in [3.8, 4) is 0 Å². The summed E-state index contributed by atoms with van der Waals surface area (Å²) in [7, 11) is -3.97. The SMILES string of the molecule is O=C([O-])C[N+](CC(=O)O)(CC(=O)O)CC(=O)O.O=S(=O)(O)S. The van der Waals surface area contributed by atoms with Crippen LogP contribution in [-0.4, -0.2) is 82.8 Å². The summed E-state index contributed by atoms with van der Waals surface area (Å²) in [4.78, 5) is 42.1. The Kier molecular flexibility index (Phi) is 9.35. The fourth-order valence-corrected chi connectivity index (χ4v) is 1.47. The first-order valence-corrected chi connectivity index (χ1v) is 7.56. The van der Waals surface area contributed by atoms with Crippen LogP contribution in [0, 0.1) is 0 Å². The number of thiol groups is 1. The lowest BCUT2D eigenvalue weighted by Crippen LogP contribution is -2.60. The smallest absolute Gasteiger partial charge is 0.359 e. The molecular weight excluding hydrogens is 350 g/mol. The Bertz CT molecular complexity index is 463. The molecule has 0 aliphatic carbocycles. The van der Waals surface area contributed by atoms with Gasteiger partial charge in [0.25, 0.3) is 0 Å². The van der Waals surface area contributed by atoms with Crippen molar-refractivity contribution in [2.45, 2.75) is 0 Å². The van der Waals surface area contributed by atoms with Gasteiger partial charge in [0.2, 0.25) is 0 Å². The van der Waals surface area contributed by atoms with Gasteiger partial charge in [-0.05, 0) is 11.7 Å². The number of quaternary nitrogens is 1. The van der Waals surface area contributed by atoms with Gasteiger partial charge in [-0.15, -0.1) is 0 Å². The Morgan fingerprint density at radius 1 is 0.864 bits per heavy atom. The normalized spacial score (nSPS) is 11.0. The molecule has 0 rings (SSSR count). The van der Waals surface area contributed by atoms with Crippen molar-refractivity contribution in [2.24, 2.45) is 0 Å². The molecule has 22 heavy (non-hydrogen) atoms. The zero-order valence-electron chi connectivity index (χ0n) is 10.8. The molecule has 14 heteroatoms. The molecule has 0 amide bonds. The lowest BCUT2D eigenvalue weighted by atomic mass is 10.3. The highest BCUT2D eigenvalue weighted by Crippen LogP contribution is 2.06. The molecule has 0 aromatic heterocycles. The van der Waals surface area contributed by atoms with Crippen molar-refractivity contribution in [2.75, 3.05) is 26.2 Å². The van der Waals surface area contributed by atoms with Crippen LogP contribution in [0.25, 0.3) is 0 Å². The molecule has 0 aromatic rings. The van der Waals surface area contributed by atoms with E-state index in [1.54, 1.807) is 0 Å². The lowest BCUT2D eigenvalue weighted by Gasteiger charge is -2.34. The largest absolute Gasteiger partial charge is 0.544 e.